The van der Waals surface area contributed by atoms with Gasteiger partial charge in [-0.2, -0.15) is 0 Å². The van der Waals surface area contributed by atoms with Crippen molar-refractivity contribution in [2.75, 3.05) is 0 Å². The molecule has 1 amide bonds. The highest BCUT2D eigenvalue weighted by Gasteiger charge is 2.60. The normalized spacial score (nSPS) is 26.2. The first-order valence-electron chi connectivity index (χ1n) is 8.38. The molecular formula is C18H23NO5S. The number of aryl methyl sites for hydroxylation is 1. The summed E-state index contributed by atoms with van der Waals surface area (Å²) in [5.41, 5.74) is 0.238. The molecule has 3 unspecified atom stereocenters. The van der Waals surface area contributed by atoms with E-state index in [1.54, 1.807) is 32.9 Å². The summed E-state index contributed by atoms with van der Waals surface area (Å²) in [7, 11) is -3.84. The fraction of sp³-hybridized carbons (Fsp3) is 0.556. The molecule has 6 nitrogen and oxygen atoms in total. The third kappa shape index (κ3) is 3.05. The summed E-state index contributed by atoms with van der Waals surface area (Å²) in [5, 5.41) is -1.21. The number of Topliss-reactive ketones (excluding diaryl/α,β-unsaturated/α-hetero) is 1. The van der Waals surface area contributed by atoms with E-state index in [2.05, 4.69) is 0 Å². The molecule has 136 valence electrons. The molecule has 2 heterocycles. The third-order valence-corrected chi connectivity index (χ3v) is 6.82. The molecule has 0 aromatic heterocycles. The van der Waals surface area contributed by atoms with Gasteiger partial charge in [-0.05, 0) is 52.7 Å². The van der Waals surface area contributed by atoms with Crippen LogP contribution in [-0.4, -0.2) is 48.1 Å². The highest BCUT2D eigenvalue weighted by molar-refractivity contribution is 7.93. The minimum Gasteiger partial charge on any atom is -0.444 e. The van der Waals surface area contributed by atoms with Gasteiger partial charge in [-0.3, -0.25) is 9.69 Å². The van der Waals surface area contributed by atoms with Crippen LogP contribution in [0.1, 0.15) is 39.2 Å². The molecule has 2 bridgehead atoms. The van der Waals surface area contributed by atoms with Crippen molar-refractivity contribution in [1.82, 2.24) is 4.90 Å². The number of benzene rings is 1. The van der Waals surface area contributed by atoms with Crippen LogP contribution in [0.15, 0.2) is 29.2 Å². The first-order chi connectivity index (χ1) is 11.5. The Labute approximate surface area is 148 Å². The summed E-state index contributed by atoms with van der Waals surface area (Å²) in [6.07, 6.45) is 0.364. The quantitative estimate of drug-likeness (QED) is 0.804. The number of sulfone groups is 1. The molecular weight excluding hydrogens is 342 g/mol. The third-order valence-electron chi connectivity index (χ3n) is 4.68. The van der Waals surface area contributed by atoms with Crippen molar-refractivity contribution in [3.63, 3.8) is 0 Å². The molecule has 2 aliphatic rings. The molecule has 0 N–H and O–H groups in total. The molecule has 0 aliphatic carbocycles. The predicted octanol–water partition coefficient (Wildman–Crippen LogP) is 2.49. The van der Waals surface area contributed by atoms with Crippen LogP contribution >= 0.6 is 0 Å². The molecule has 0 saturated carbocycles. The molecule has 2 aliphatic heterocycles. The van der Waals surface area contributed by atoms with Crippen LogP contribution in [0.3, 0.4) is 0 Å². The van der Waals surface area contributed by atoms with Gasteiger partial charge in [0, 0.05) is 0 Å². The van der Waals surface area contributed by atoms with E-state index in [1.807, 2.05) is 6.92 Å². The van der Waals surface area contributed by atoms with E-state index in [4.69, 9.17) is 4.74 Å². The summed E-state index contributed by atoms with van der Waals surface area (Å²) in [6.45, 7) is 7.09. The van der Waals surface area contributed by atoms with Gasteiger partial charge < -0.3 is 4.74 Å². The van der Waals surface area contributed by atoms with Crippen LogP contribution in [0.2, 0.25) is 0 Å². The fourth-order valence-corrected chi connectivity index (χ4v) is 5.56. The van der Waals surface area contributed by atoms with Crippen molar-refractivity contribution in [2.45, 2.75) is 68.4 Å². The Morgan fingerprint density at radius 2 is 1.76 bits per heavy atom. The van der Waals surface area contributed by atoms with Crippen molar-refractivity contribution in [2.24, 2.45) is 0 Å². The second-order valence-electron chi connectivity index (χ2n) is 7.73. The number of hydrogen-bond acceptors (Lipinski definition) is 5. The number of ether oxygens (including phenoxy) is 1. The topological polar surface area (TPSA) is 80.8 Å². The Morgan fingerprint density at radius 1 is 1.16 bits per heavy atom. The molecule has 7 heteroatoms. The van der Waals surface area contributed by atoms with Crippen LogP contribution < -0.4 is 0 Å². The van der Waals surface area contributed by atoms with Crippen molar-refractivity contribution in [3.8, 4) is 0 Å². The number of rotatable bonds is 2. The summed E-state index contributed by atoms with van der Waals surface area (Å²) in [5.74, 6) is -0.400. The molecule has 0 spiro atoms. The predicted molar refractivity (Wildman–Crippen MR) is 92.0 cm³/mol. The van der Waals surface area contributed by atoms with Crippen LogP contribution in [0.25, 0.3) is 0 Å². The highest BCUT2D eigenvalue weighted by Crippen LogP contribution is 2.41. The molecule has 1 aromatic carbocycles. The molecule has 2 fully saturated rings. The summed E-state index contributed by atoms with van der Waals surface area (Å²) >= 11 is 0. The lowest BCUT2D eigenvalue weighted by atomic mass is 9.99. The van der Waals surface area contributed by atoms with Crippen molar-refractivity contribution >= 4 is 21.7 Å². The maximum Gasteiger partial charge on any atom is 0.411 e. The lowest BCUT2D eigenvalue weighted by Gasteiger charge is -2.27. The van der Waals surface area contributed by atoms with Gasteiger partial charge in [0.05, 0.1) is 17.0 Å². The minimum atomic E-state index is -3.84. The van der Waals surface area contributed by atoms with E-state index >= 15 is 0 Å². The van der Waals surface area contributed by atoms with Gasteiger partial charge in [0.1, 0.15) is 10.9 Å². The van der Waals surface area contributed by atoms with Gasteiger partial charge in [-0.15, -0.1) is 0 Å². The Kier molecular flexibility index (Phi) is 4.18. The van der Waals surface area contributed by atoms with E-state index in [1.165, 1.54) is 17.0 Å². The van der Waals surface area contributed by atoms with Crippen molar-refractivity contribution in [3.05, 3.63) is 29.8 Å². The lowest BCUT2D eigenvalue weighted by molar-refractivity contribution is -0.120. The van der Waals surface area contributed by atoms with Crippen LogP contribution in [0.4, 0.5) is 4.79 Å². The number of carbonyl (C=O) groups is 2. The smallest absolute Gasteiger partial charge is 0.411 e. The maximum absolute atomic E-state index is 13.0. The minimum absolute atomic E-state index is 0.119. The Bertz CT molecular complexity index is 807. The van der Waals surface area contributed by atoms with E-state index in [9.17, 15) is 18.0 Å². The van der Waals surface area contributed by atoms with Crippen molar-refractivity contribution in [1.29, 1.82) is 0 Å². The summed E-state index contributed by atoms with van der Waals surface area (Å²) < 4.78 is 31.4. The number of ketones is 1. The van der Waals surface area contributed by atoms with E-state index in [0.29, 0.717) is 12.8 Å². The van der Waals surface area contributed by atoms with Gasteiger partial charge in [0.25, 0.3) is 0 Å². The second-order valence-corrected chi connectivity index (χ2v) is 9.80. The summed E-state index contributed by atoms with van der Waals surface area (Å²) in [6, 6.07) is 5.08. The zero-order valence-corrected chi connectivity index (χ0v) is 15.7. The largest absolute Gasteiger partial charge is 0.444 e. The molecule has 3 atom stereocenters. The first-order valence-corrected chi connectivity index (χ1v) is 9.92. The highest BCUT2D eigenvalue weighted by atomic mass is 32.2. The molecule has 0 radical (unpaired) electrons. The lowest BCUT2D eigenvalue weighted by Crippen LogP contribution is -2.43. The van der Waals surface area contributed by atoms with E-state index in [-0.39, 0.29) is 4.90 Å². The van der Waals surface area contributed by atoms with Crippen LogP contribution in [-0.2, 0) is 19.4 Å². The standard InChI is InChI=1S/C18H23NO5S/c1-11-5-7-12(8-6-11)25(22,23)16-14-10-9-13(15(16)20)19(14)17(21)24-18(2,3)4/h5-8,13-14,16H,9-10H2,1-4H3. The van der Waals surface area contributed by atoms with Crippen LogP contribution in [0, 0.1) is 6.92 Å². The number of carbonyl (C=O) groups excluding carboxylic acids is 2. The number of fused-ring (bicyclic) bond motifs is 2. The molecule has 3 rings (SSSR count). The fourth-order valence-electron chi connectivity index (χ4n) is 3.61. The zero-order valence-electron chi connectivity index (χ0n) is 14.9. The maximum atomic E-state index is 13.0. The van der Waals surface area contributed by atoms with Gasteiger partial charge in [-0.1, -0.05) is 17.7 Å². The first kappa shape index (κ1) is 17.9. The number of amides is 1. The van der Waals surface area contributed by atoms with Gasteiger partial charge in [0.2, 0.25) is 0 Å². The molecule has 1 aromatic rings. The average Bonchev–Trinajstić information content (AvgIpc) is 3.01. The Morgan fingerprint density at radius 3 is 2.32 bits per heavy atom. The Balaban J connectivity index is 1.93. The zero-order chi connectivity index (χ0) is 18.6. The second kappa shape index (κ2) is 5.83. The van der Waals surface area contributed by atoms with Gasteiger partial charge in [-0.25, -0.2) is 13.2 Å². The van der Waals surface area contributed by atoms with Crippen molar-refractivity contribution < 1.29 is 22.7 Å². The van der Waals surface area contributed by atoms with Gasteiger partial charge in [0.15, 0.2) is 15.6 Å². The van der Waals surface area contributed by atoms with Crippen LogP contribution in [0.5, 0.6) is 0 Å². The van der Waals surface area contributed by atoms with E-state index < -0.39 is 44.6 Å². The Hall–Kier alpha value is -1.89. The SMILES string of the molecule is Cc1ccc(S(=O)(=O)C2C(=O)C3CCC2N3C(=O)OC(C)(C)C)cc1. The number of hydrogen-bond donors (Lipinski definition) is 0. The van der Waals surface area contributed by atoms with E-state index in [0.717, 1.165) is 5.56 Å². The monoisotopic (exact) mass is 365 g/mol. The summed E-state index contributed by atoms with van der Waals surface area (Å²) in [4.78, 5) is 26.6. The molecule has 2 saturated heterocycles. The average molecular weight is 365 g/mol. The number of nitrogens with zero attached hydrogens (tertiary/aromatic N) is 1. The van der Waals surface area contributed by atoms with Gasteiger partial charge >= 0.3 is 6.09 Å². The molecule has 25 heavy (non-hydrogen) atoms.